The molecule has 2 N–H and O–H groups in total. The Morgan fingerprint density at radius 2 is 0.907 bits per heavy atom. The van der Waals surface area contributed by atoms with E-state index in [1.54, 1.807) is 0 Å². The van der Waals surface area contributed by atoms with Crippen LogP contribution in [0.3, 0.4) is 0 Å². The van der Waals surface area contributed by atoms with Crippen LogP contribution in [0.1, 0.15) is 0 Å². The summed E-state index contributed by atoms with van der Waals surface area (Å²) in [5, 5.41) is 32.8. The number of para-hydroxylation sites is 3. The fourth-order valence-electron chi connectivity index (χ4n) is 8.62. The number of aromatic hydroxyl groups is 2. The van der Waals surface area contributed by atoms with E-state index in [0.717, 1.165) is 65.8 Å². The first-order valence-corrected chi connectivity index (χ1v) is 18.4. The van der Waals surface area contributed by atoms with Crippen molar-refractivity contribution in [1.82, 2.24) is 9.55 Å². The summed E-state index contributed by atoms with van der Waals surface area (Å²) < 4.78 is 2.10. The first kappa shape index (κ1) is 32.0. The molecular weight excluding hydrogens is 657 g/mol. The SMILES string of the molecule is Bc1c(B)c(O)c(-c2nc3ccccc3n2-c2ccccc2-c2c3ccccc3c(-c3cc4ccccc4c4ccccc34)c3ccccc23)c(O)c1B. The number of benzene rings is 9. The van der Waals surface area contributed by atoms with E-state index in [4.69, 9.17) is 4.98 Å². The number of fused-ring (bicyclic) bond motifs is 6. The van der Waals surface area contributed by atoms with Gasteiger partial charge in [0.2, 0.25) is 0 Å². The van der Waals surface area contributed by atoms with Crippen LogP contribution in [-0.4, -0.2) is 43.3 Å². The first-order valence-electron chi connectivity index (χ1n) is 18.4. The van der Waals surface area contributed by atoms with Crippen molar-refractivity contribution in [3.05, 3.63) is 152 Å². The number of imidazole rings is 1. The molecule has 0 radical (unpaired) electrons. The molecule has 0 fully saturated rings. The summed E-state index contributed by atoms with van der Waals surface area (Å²) in [5.74, 6) is 0.553. The maximum atomic E-state index is 11.7. The molecule has 0 aliphatic heterocycles. The largest absolute Gasteiger partial charge is 0.508 e. The Labute approximate surface area is 315 Å². The van der Waals surface area contributed by atoms with E-state index in [9.17, 15) is 10.2 Å². The molecule has 1 heterocycles. The molecule has 4 nitrogen and oxygen atoms in total. The van der Waals surface area contributed by atoms with Gasteiger partial charge in [0.15, 0.2) is 5.82 Å². The van der Waals surface area contributed by atoms with Crippen LogP contribution in [0.5, 0.6) is 11.5 Å². The summed E-state index contributed by atoms with van der Waals surface area (Å²) in [7, 11) is 5.70. The molecule has 0 spiro atoms. The second-order valence-electron chi connectivity index (χ2n) is 14.3. The number of nitrogens with zero attached hydrogens (tertiary/aromatic N) is 2. The van der Waals surface area contributed by atoms with Gasteiger partial charge in [0.25, 0.3) is 0 Å². The molecule has 0 aliphatic rings. The van der Waals surface area contributed by atoms with Crippen molar-refractivity contribution in [2.75, 3.05) is 0 Å². The third-order valence-electron chi connectivity index (χ3n) is 11.5. The molecule has 1 aromatic heterocycles. The Hall–Kier alpha value is -6.72. The minimum Gasteiger partial charge on any atom is -0.508 e. The monoisotopic (exact) mass is 690 g/mol. The summed E-state index contributed by atoms with van der Waals surface area (Å²) >= 11 is 0. The van der Waals surface area contributed by atoms with E-state index in [2.05, 4.69) is 132 Å². The second kappa shape index (κ2) is 12.2. The van der Waals surface area contributed by atoms with Crippen LogP contribution in [0, 0.1) is 0 Å². The van der Waals surface area contributed by atoms with Crippen LogP contribution in [0.4, 0.5) is 0 Å². The van der Waals surface area contributed by atoms with Crippen molar-refractivity contribution < 1.29 is 10.2 Å². The Morgan fingerprint density at radius 3 is 1.56 bits per heavy atom. The molecule has 54 heavy (non-hydrogen) atoms. The maximum Gasteiger partial charge on any atom is 0.153 e. The predicted molar refractivity (Wildman–Crippen MR) is 235 cm³/mol. The lowest BCUT2D eigenvalue weighted by atomic mass is 9.70. The fraction of sp³-hybridized carbons (Fsp3) is 0. The molecule has 0 saturated heterocycles. The Balaban J connectivity index is 1.33. The van der Waals surface area contributed by atoms with Crippen molar-refractivity contribution in [3.63, 3.8) is 0 Å². The van der Waals surface area contributed by atoms with Crippen LogP contribution in [-0.2, 0) is 0 Å². The van der Waals surface area contributed by atoms with Gasteiger partial charge in [0.05, 0.1) is 16.7 Å². The fourth-order valence-corrected chi connectivity index (χ4v) is 8.62. The van der Waals surface area contributed by atoms with Crippen molar-refractivity contribution in [2.45, 2.75) is 0 Å². The lowest BCUT2D eigenvalue weighted by molar-refractivity contribution is 0.459. The molecule has 0 saturated carbocycles. The molecule has 0 unspecified atom stereocenters. The van der Waals surface area contributed by atoms with Gasteiger partial charge in [-0.3, -0.25) is 4.57 Å². The van der Waals surface area contributed by atoms with E-state index >= 15 is 0 Å². The highest BCUT2D eigenvalue weighted by Crippen LogP contribution is 2.48. The van der Waals surface area contributed by atoms with Crippen molar-refractivity contribution in [3.8, 4) is 50.8 Å². The maximum absolute atomic E-state index is 11.7. The molecule has 0 atom stereocenters. The summed E-state index contributed by atoms with van der Waals surface area (Å²) in [6, 6.07) is 53.6. The minimum atomic E-state index is 0.0347. The predicted octanol–water partition coefficient (Wildman–Crippen LogP) is 6.83. The van der Waals surface area contributed by atoms with Crippen LogP contribution >= 0.6 is 0 Å². The van der Waals surface area contributed by atoms with Crippen LogP contribution < -0.4 is 16.4 Å². The zero-order chi connectivity index (χ0) is 36.7. The minimum absolute atomic E-state index is 0.0347. The average molecular weight is 690 g/mol. The van der Waals surface area contributed by atoms with Gasteiger partial charge in [0.1, 0.15) is 40.6 Å². The van der Waals surface area contributed by atoms with Gasteiger partial charge in [-0.15, -0.1) is 0 Å². The van der Waals surface area contributed by atoms with Gasteiger partial charge in [-0.2, -0.15) is 0 Å². The number of hydrogen-bond donors (Lipinski definition) is 2. The van der Waals surface area contributed by atoms with Crippen molar-refractivity contribution in [1.29, 1.82) is 0 Å². The topological polar surface area (TPSA) is 58.3 Å². The van der Waals surface area contributed by atoms with Crippen LogP contribution in [0.2, 0.25) is 0 Å². The number of aromatic nitrogens is 2. The Morgan fingerprint density at radius 1 is 0.426 bits per heavy atom. The van der Waals surface area contributed by atoms with Gasteiger partial charge in [0, 0.05) is 5.56 Å². The normalized spacial score (nSPS) is 11.7. The van der Waals surface area contributed by atoms with E-state index in [1.807, 2.05) is 47.8 Å². The number of phenolic OH excluding ortho intramolecular Hbond substituents is 2. The van der Waals surface area contributed by atoms with Crippen LogP contribution in [0.15, 0.2) is 152 Å². The molecule has 0 aliphatic carbocycles. The van der Waals surface area contributed by atoms with E-state index < -0.39 is 0 Å². The summed E-state index contributed by atoms with van der Waals surface area (Å²) in [6.07, 6.45) is 0. The zero-order valence-electron chi connectivity index (χ0n) is 30.2. The highest BCUT2D eigenvalue weighted by atomic mass is 16.3. The summed E-state index contributed by atoms with van der Waals surface area (Å²) in [6.45, 7) is 0. The smallest absolute Gasteiger partial charge is 0.153 e. The average Bonchev–Trinajstić information content (AvgIpc) is 3.60. The molecule has 10 rings (SSSR count). The second-order valence-corrected chi connectivity index (χ2v) is 14.3. The first-order chi connectivity index (χ1) is 26.4. The Bertz CT molecular complexity index is 3100. The van der Waals surface area contributed by atoms with Gasteiger partial charge >= 0.3 is 0 Å². The number of phenols is 2. The summed E-state index contributed by atoms with van der Waals surface area (Å²) in [5.41, 5.74) is 9.71. The Kier molecular flexibility index (Phi) is 7.21. The number of hydrogen-bond acceptors (Lipinski definition) is 3. The van der Waals surface area contributed by atoms with Crippen molar-refractivity contribution >= 4 is 94.1 Å². The van der Waals surface area contributed by atoms with E-state index in [1.165, 1.54) is 32.7 Å². The van der Waals surface area contributed by atoms with Gasteiger partial charge < -0.3 is 10.2 Å². The molecule has 252 valence electrons. The van der Waals surface area contributed by atoms with Gasteiger partial charge in [-0.25, -0.2) is 4.98 Å². The molecule has 0 amide bonds. The van der Waals surface area contributed by atoms with E-state index in [-0.39, 0.29) is 11.5 Å². The molecule has 7 heteroatoms. The molecule has 0 bridgehead atoms. The molecule has 9 aromatic carbocycles. The standard InChI is InChI=1S/C47H33B3N2O2/c48-42-43(49)45(53)41(46(54)44(42)50)47-51-36-22-10-12-24-38(36)52(47)37-23-11-9-21-34(37)39-30-17-5-7-19-32(30)40(33-20-8-6-18-31(33)39)35-25-26-13-1-2-14-27(26)28-15-3-4-16-29(28)35/h1-25,53-54H,48-50H2. The number of rotatable bonds is 4. The lowest BCUT2D eigenvalue weighted by Crippen LogP contribution is -2.39. The molecular formula is C47H33B3N2O2. The third-order valence-corrected chi connectivity index (χ3v) is 11.5. The van der Waals surface area contributed by atoms with E-state index in [0.29, 0.717) is 11.4 Å². The third kappa shape index (κ3) is 4.58. The quantitative estimate of drug-likeness (QED) is 0.121. The highest BCUT2D eigenvalue weighted by molar-refractivity contribution is 6.59. The zero-order valence-corrected chi connectivity index (χ0v) is 30.2. The van der Waals surface area contributed by atoms with Gasteiger partial charge in [-0.05, 0) is 84.0 Å². The van der Waals surface area contributed by atoms with Gasteiger partial charge in [-0.1, -0.05) is 144 Å². The lowest BCUT2D eigenvalue weighted by Gasteiger charge is -2.22. The van der Waals surface area contributed by atoms with Crippen LogP contribution in [0.25, 0.3) is 93.5 Å². The van der Waals surface area contributed by atoms with Crippen molar-refractivity contribution in [2.24, 2.45) is 0 Å². The highest BCUT2D eigenvalue weighted by Gasteiger charge is 2.27. The summed E-state index contributed by atoms with van der Waals surface area (Å²) in [4.78, 5) is 5.10. The molecule has 10 aromatic rings.